The maximum Gasteiger partial charge on any atom is 0.251 e. The van der Waals surface area contributed by atoms with Gasteiger partial charge < -0.3 is 15.4 Å². The van der Waals surface area contributed by atoms with Crippen molar-refractivity contribution >= 4 is 17.5 Å². The van der Waals surface area contributed by atoms with Crippen LogP contribution in [0.15, 0.2) is 24.3 Å². The first-order valence-corrected chi connectivity index (χ1v) is 7.18. The normalized spacial score (nSPS) is 14.6. The minimum absolute atomic E-state index is 0.00736. The number of ether oxygens (including phenoxy) is 1. The van der Waals surface area contributed by atoms with Gasteiger partial charge in [0.2, 0.25) is 5.91 Å². The predicted octanol–water partition coefficient (Wildman–Crippen LogP) is 2.33. The number of benzene rings is 1. The zero-order valence-electron chi connectivity index (χ0n) is 12.7. The molecule has 1 fully saturated rings. The molecule has 0 bridgehead atoms. The van der Waals surface area contributed by atoms with E-state index in [1.807, 2.05) is 20.8 Å². The van der Waals surface area contributed by atoms with E-state index in [9.17, 15) is 9.59 Å². The van der Waals surface area contributed by atoms with Crippen molar-refractivity contribution in [1.29, 1.82) is 0 Å². The zero-order chi connectivity index (χ0) is 15.5. The lowest BCUT2D eigenvalue weighted by Gasteiger charge is -2.19. The molecular formula is C16H22N2O3. The molecule has 1 saturated carbocycles. The summed E-state index contributed by atoms with van der Waals surface area (Å²) in [6, 6.07) is 7.19. The lowest BCUT2D eigenvalue weighted by Crippen LogP contribution is -2.27. The third kappa shape index (κ3) is 5.55. The fourth-order valence-corrected chi connectivity index (χ4v) is 1.68. The zero-order valence-corrected chi connectivity index (χ0v) is 12.7. The van der Waals surface area contributed by atoms with Gasteiger partial charge in [0.05, 0.1) is 5.60 Å². The van der Waals surface area contributed by atoms with Crippen LogP contribution in [0.4, 0.5) is 5.69 Å². The standard InChI is InChI=1S/C16H22N2O3/c1-16(2,3)21-10-14(19)17-12-6-4-11(5-7-12)15(20)18-13-8-9-13/h4-7,13H,8-10H2,1-3H3,(H,17,19)(H,18,20). The summed E-state index contributed by atoms with van der Waals surface area (Å²) in [5.74, 6) is -0.272. The van der Waals surface area contributed by atoms with Crippen molar-refractivity contribution in [2.24, 2.45) is 0 Å². The van der Waals surface area contributed by atoms with Gasteiger partial charge in [0.25, 0.3) is 5.91 Å². The highest BCUT2D eigenvalue weighted by Gasteiger charge is 2.23. The van der Waals surface area contributed by atoms with Crippen molar-refractivity contribution in [1.82, 2.24) is 5.32 Å². The molecular weight excluding hydrogens is 268 g/mol. The number of amides is 2. The molecule has 21 heavy (non-hydrogen) atoms. The Labute approximate surface area is 125 Å². The van der Waals surface area contributed by atoms with Crippen molar-refractivity contribution in [2.75, 3.05) is 11.9 Å². The van der Waals surface area contributed by atoms with Crippen molar-refractivity contribution < 1.29 is 14.3 Å². The molecule has 0 spiro atoms. The topological polar surface area (TPSA) is 67.4 Å². The minimum Gasteiger partial charge on any atom is -0.366 e. The smallest absolute Gasteiger partial charge is 0.251 e. The molecule has 0 saturated heterocycles. The van der Waals surface area contributed by atoms with Gasteiger partial charge in [-0.2, -0.15) is 0 Å². The van der Waals surface area contributed by atoms with Crippen LogP contribution in [0.3, 0.4) is 0 Å². The molecule has 1 aromatic carbocycles. The molecule has 1 aliphatic rings. The van der Waals surface area contributed by atoms with Gasteiger partial charge in [-0.3, -0.25) is 9.59 Å². The predicted molar refractivity (Wildman–Crippen MR) is 81.3 cm³/mol. The molecule has 1 aliphatic carbocycles. The molecule has 5 nitrogen and oxygen atoms in total. The Kier molecular flexibility index (Phi) is 4.63. The van der Waals surface area contributed by atoms with Gasteiger partial charge in [0.15, 0.2) is 0 Å². The van der Waals surface area contributed by atoms with Crippen LogP contribution in [0.1, 0.15) is 44.0 Å². The van der Waals surface area contributed by atoms with Gasteiger partial charge in [-0.1, -0.05) is 0 Å². The van der Waals surface area contributed by atoms with Crippen molar-refractivity contribution in [2.45, 2.75) is 45.3 Å². The lowest BCUT2D eigenvalue weighted by atomic mass is 10.2. The Morgan fingerprint density at radius 2 is 1.81 bits per heavy atom. The Bertz CT molecular complexity index is 513. The maximum atomic E-state index is 11.8. The highest BCUT2D eigenvalue weighted by molar-refractivity contribution is 5.96. The van der Waals surface area contributed by atoms with Gasteiger partial charge in [0.1, 0.15) is 6.61 Å². The summed E-state index contributed by atoms with van der Waals surface area (Å²) in [7, 11) is 0. The number of carbonyl (C=O) groups is 2. The van der Waals surface area contributed by atoms with Crippen molar-refractivity contribution in [3.05, 3.63) is 29.8 Å². The second-order valence-electron chi connectivity index (χ2n) is 6.27. The number of rotatable bonds is 5. The molecule has 1 aromatic rings. The van der Waals surface area contributed by atoms with Crippen LogP contribution in [0, 0.1) is 0 Å². The number of carbonyl (C=O) groups excluding carboxylic acids is 2. The van der Waals surface area contributed by atoms with E-state index in [1.54, 1.807) is 24.3 Å². The lowest BCUT2D eigenvalue weighted by molar-refractivity contribution is -0.125. The molecule has 5 heteroatoms. The summed E-state index contributed by atoms with van der Waals surface area (Å²) in [4.78, 5) is 23.5. The summed E-state index contributed by atoms with van der Waals surface area (Å²) in [6.45, 7) is 5.70. The Morgan fingerprint density at radius 3 is 2.33 bits per heavy atom. The first-order valence-electron chi connectivity index (χ1n) is 7.18. The third-order valence-corrected chi connectivity index (χ3v) is 2.98. The van der Waals surface area contributed by atoms with Gasteiger partial charge in [-0.15, -0.1) is 0 Å². The summed E-state index contributed by atoms with van der Waals surface area (Å²) < 4.78 is 5.40. The molecule has 0 radical (unpaired) electrons. The summed E-state index contributed by atoms with van der Waals surface area (Å²) in [5, 5.41) is 5.66. The molecule has 2 N–H and O–H groups in total. The Balaban J connectivity index is 1.83. The quantitative estimate of drug-likeness (QED) is 0.874. The maximum absolute atomic E-state index is 11.8. The molecule has 0 aromatic heterocycles. The highest BCUT2D eigenvalue weighted by Crippen LogP contribution is 2.19. The molecule has 0 unspecified atom stereocenters. The van der Waals surface area contributed by atoms with Crippen LogP contribution in [0.5, 0.6) is 0 Å². The molecule has 0 atom stereocenters. The van der Waals surface area contributed by atoms with Crippen LogP contribution >= 0.6 is 0 Å². The fourth-order valence-electron chi connectivity index (χ4n) is 1.68. The third-order valence-electron chi connectivity index (χ3n) is 2.98. The van der Waals surface area contributed by atoms with Crippen LogP contribution in [0.2, 0.25) is 0 Å². The van der Waals surface area contributed by atoms with Crippen LogP contribution in [-0.2, 0) is 9.53 Å². The number of anilines is 1. The van der Waals surface area contributed by atoms with Gasteiger partial charge in [-0.25, -0.2) is 0 Å². The summed E-state index contributed by atoms with van der Waals surface area (Å²) in [5.41, 5.74) is 0.911. The van der Waals surface area contributed by atoms with Gasteiger partial charge in [-0.05, 0) is 57.9 Å². The summed E-state index contributed by atoms with van der Waals surface area (Å²) in [6.07, 6.45) is 2.13. The van der Waals surface area contributed by atoms with E-state index in [2.05, 4.69) is 10.6 Å². The molecule has 0 aliphatic heterocycles. The first-order chi connectivity index (χ1) is 9.83. The van der Waals surface area contributed by atoms with Crippen molar-refractivity contribution in [3.63, 3.8) is 0 Å². The average Bonchev–Trinajstić information content (AvgIpc) is 3.20. The van der Waals surface area contributed by atoms with E-state index < -0.39 is 0 Å². The minimum atomic E-state index is -0.345. The molecule has 0 heterocycles. The molecule has 2 amide bonds. The van der Waals surface area contributed by atoms with Gasteiger partial charge in [0, 0.05) is 17.3 Å². The molecule has 114 valence electrons. The largest absolute Gasteiger partial charge is 0.366 e. The highest BCUT2D eigenvalue weighted by atomic mass is 16.5. The van der Waals surface area contributed by atoms with E-state index in [-0.39, 0.29) is 24.0 Å². The van der Waals surface area contributed by atoms with Crippen LogP contribution in [0.25, 0.3) is 0 Å². The molecule has 2 rings (SSSR count). The Hall–Kier alpha value is -1.88. The van der Waals surface area contributed by atoms with E-state index in [4.69, 9.17) is 4.74 Å². The van der Waals surface area contributed by atoms with Crippen molar-refractivity contribution in [3.8, 4) is 0 Å². The van der Waals surface area contributed by atoms with Crippen LogP contribution in [-0.4, -0.2) is 30.1 Å². The SMILES string of the molecule is CC(C)(C)OCC(=O)Nc1ccc(C(=O)NC2CC2)cc1. The fraction of sp³-hybridized carbons (Fsp3) is 0.500. The van der Waals surface area contributed by atoms with E-state index in [0.29, 0.717) is 17.3 Å². The van der Waals surface area contributed by atoms with E-state index >= 15 is 0 Å². The summed E-state index contributed by atoms with van der Waals surface area (Å²) >= 11 is 0. The number of hydrogen-bond donors (Lipinski definition) is 2. The monoisotopic (exact) mass is 290 g/mol. The van der Waals surface area contributed by atoms with Crippen LogP contribution < -0.4 is 10.6 Å². The van der Waals surface area contributed by atoms with E-state index in [0.717, 1.165) is 12.8 Å². The average molecular weight is 290 g/mol. The second kappa shape index (κ2) is 6.26. The second-order valence-corrected chi connectivity index (χ2v) is 6.27. The van der Waals surface area contributed by atoms with Gasteiger partial charge >= 0.3 is 0 Å². The Morgan fingerprint density at radius 1 is 1.19 bits per heavy atom. The number of hydrogen-bond acceptors (Lipinski definition) is 3. The number of nitrogens with one attached hydrogen (secondary N) is 2. The first kappa shape index (κ1) is 15.5. The van der Waals surface area contributed by atoms with E-state index in [1.165, 1.54) is 0 Å².